The van der Waals surface area contributed by atoms with E-state index in [9.17, 15) is 0 Å². The lowest BCUT2D eigenvalue weighted by atomic mass is 9.97. The fourth-order valence-electron chi connectivity index (χ4n) is 0.706. The fourth-order valence-corrected chi connectivity index (χ4v) is 1.17. The molecule has 0 unspecified atom stereocenters. The van der Waals surface area contributed by atoms with Crippen LogP contribution in [0.15, 0.2) is 30.3 Å². The highest BCUT2D eigenvalue weighted by molar-refractivity contribution is 7.39. The summed E-state index contributed by atoms with van der Waals surface area (Å²) in [5.41, 5.74) is -0.397. The summed E-state index contributed by atoms with van der Waals surface area (Å²) in [5, 5.41) is 17.3. The van der Waals surface area contributed by atoms with Crippen LogP contribution in [-0.4, -0.2) is 33.2 Å². The van der Waals surface area contributed by atoms with Crippen LogP contribution in [0, 0.1) is 5.41 Å². The molecule has 4 N–H and O–H groups in total. The number of rotatable bonds is 4. The van der Waals surface area contributed by atoms with Crippen molar-refractivity contribution in [3.8, 4) is 5.75 Å². The SMILES string of the molecule is CC(C)(CO)COP(O)O.Oc1ccccc1. The molecular formula is C11H19O5P. The molecule has 0 radical (unpaired) electrons. The number of para-hydroxylation sites is 1. The molecule has 1 aromatic rings. The van der Waals surface area contributed by atoms with Crippen molar-refractivity contribution in [3.63, 3.8) is 0 Å². The molecule has 0 aliphatic rings. The standard InChI is InChI=1S/C6H6O.C5H13O4P/c7-6-4-2-1-3-5-6;1-5(2,3-6)4-9-10(7)8/h1-5,7H;6-8H,3-4H2,1-2H3. The molecule has 6 heteroatoms. The number of aromatic hydroxyl groups is 1. The Balaban J connectivity index is 0.000000318. The number of hydrogen-bond donors (Lipinski definition) is 4. The molecule has 0 spiro atoms. The summed E-state index contributed by atoms with van der Waals surface area (Å²) in [7, 11) is -2.28. The van der Waals surface area contributed by atoms with Gasteiger partial charge in [-0.2, -0.15) is 0 Å². The predicted molar refractivity (Wildman–Crippen MR) is 66.3 cm³/mol. The monoisotopic (exact) mass is 262 g/mol. The van der Waals surface area contributed by atoms with Crippen molar-refractivity contribution in [2.45, 2.75) is 13.8 Å². The van der Waals surface area contributed by atoms with E-state index in [1.54, 1.807) is 38.1 Å². The third-order valence-corrected chi connectivity index (χ3v) is 2.12. The maximum atomic E-state index is 8.67. The van der Waals surface area contributed by atoms with Crippen LogP contribution in [0.5, 0.6) is 5.75 Å². The van der Waals surface area contributed by atoms with Crippen molar-refractivity contribution < 1.29 is 24.5 Å². The summed E-state index contributed by atoms with van der Waals surface area (Å²) >= 11 is 0. The van der Waals surface area contributed by atoms with E-state index in [-0.39, 0.29) is 13.2 Å². The van der Waals surface area contributed by atoms with E-state index in [0.29, 0.717) is 5.75 Å². The molecule has 98 valence electrons. The van der Waals surface area contributed by atoms with E-state index in [1.165, 1.54) is 0 Å². The number of phenols is 1. The van der Waals surface area contributed by atoms with Crippen molar-refractivity contribution in [3.05, 3.63) is 30.3 Å². The van der Waals surface area contributed by atoms with E-state index in [2.05, 4.69) is 4.52 Å². The molecular weight excluding hydrogens is 243 g/mol. The first-order valence-corrected chi connectivity index (χ1v) is 6.19. The summed E-state index contributed by atoms with van der Waals surface area (Å²) in [4.78, 5) is 16.7. The van der Waals surface area contributed by atoms with Gasteiger partial charge >= 0.3 is 8.60 Å². The number of hydrogen-bond acceptors (Lipinski definition) is 5. The fraction of sp³-hybridized carbons (Fsp3) is 0.455. The minimum absolute atomic E-state index is 0.0316. The molecule has 0 heterocycles. The Labute approximate surface area is 102 Å². The largest absolute Gasteiger partial charge is 0.508 e. The predicted octanol–water partition coefficient (Wildman–Crippen LogP) is 1.63. The molecule has 0 amide bonds. The summed E-state index contributed by atoms with van der Waals surface area (Å²) in [6.45, 7) is 3.66. The van der Waals surface area contributed by atoms with Crippen molar-refractivity contribution in [2.75, 3.05) is 13.2 Å². The van der Waals surface area contributed by atoms with Gasteiger partial charge in [-0.05, 0) is 12.1 Å². The number of benzene rings is 1. The van der Waals surface area contributed by atoms with Crippen molar-refractivity contribution >= 4 is 8.60 Å². The van der Waals surface area contributed by atoms with Gasteiger partial charge in [-0.25, -0.2) is 0 Å². The van der Waals surface area contributed by atoms with Crippen molar-refractivity contribution in [2.24, 2.45) is 5.41 Å². The van der Waals surface area contributed by atoms with Crippen molar-refractivity contribution in [1.82, 2.24) is 0 Å². The summed E-state index contributed by atoms with van der Waals surface area (Å²) < 4.78 is 4.51. The van der Waals surface area contributed by atoms with Gasteiger partial charge in [0.25, 0.3) is 0 Å². The number of aliphatic hydroxyl groups excluding tert-OH is 1. The zero-order valence-corrected chi connectivity index (χ0v) is 10.8. The average molecular weight is 262 g/mol. The molecule has 1 rings (SSSR count). The third kappa shape index (κ3) is 10.2. The quantitative estimate of drug-likeness (QED) is 0.619. The van der Waals surface area contributed by atoms with E-state index in [1.807, 2.05) is 6.07 Å². The molecule has 0 aliphatic heterocycles. The Morgan fingerprint density at radius 3 is 2.00 bits per heavy atom. The van der Waals surface area contributed by atoms with Gasteiger partial charge in [0.1, 0.15) is 5.75 Å². The lowest BCUT2D eigenvalue weighted by Crippen LogP contribution is -2.22. The first-order valence-electron chi connectivity index (χ1n) is 5.03. The number of aliphatic hydroxyl groups is 1. The van der Waals surface area contributed by atoms with Crippen molar-refractivity contribution in [1.29, 1.82) is 0 Å². The van der Waals surface area contributed by atoms with E-state index >= 15 is 0 Å². The van der Waals surface area contributed by atoms with Crippen LogP contribution in [0.4, 0.5) is 0 Å². The molecule has 0 aromatic heterocycles. The van der Waals surface area contributed by atoms with Gasteiger partial charge in [0.2, 0.25) is 0 Å². The molecule has 0 bridgehead atoms. The van der Waals surface area contributed by atoms with Gasteiger partial charge in [0.15, 0.2) is 0 Å². The molecule has 0 saturated carbocycles. The second-order valence-electron chi connectivity index (χ2n) is 4.18. The van der Waals surface area contributed by atoms with Gasteiger partial charge in [0.05, 0.1) is 13.2 Å². The summed E-state index contributed by atoms with van der Waals surface area (Å²) in [6, 6.07) is 8.71. The van der Waals surface area contributed by atoms with Gasteiger partial charge in [-0.15, -0.1) is 0 Å². The minimum atomic E-state index is -2.28. The van der Waals surface area contributed by atoms with Crippen LogP contribution in [0.3, 0.4) is 0 Å². The maximum absolute atomic E-state index is 8.67. The van der Waals surface area contributed by atoms with Crippen LogP contribution < -0.4 is 0 Å². The minimum Gasteiger partial charge on any atom is -0.508 e. The highest BCUT2D eigenvalue weighted by atomic mass is 31.2. The Hall–Kier alpha value is -0.710. The summed E-state index contributed by atoms with van der Waals surface area (Å²) in [6.07, 6.45) is 0. The normalized spacial score (nSPS) is 10.9. The smallest absolute Gasteiger partial charge is 0.327 e. The van der Waals surface area contributed by atoms with Crippen LogP contribution in [0.2, 0.25) is 0 Å². The van der Waals surface area contributed by atoms with Gasteiger partial charge in [-0.1, -0.05) is 32.0 Å². The molecule has 17 heavy (non-hydrogen) atoms. The second-order valence-corrected chi connectivity index (χ2v) is 4.95. The average Bonchev–Trinajstić information content (AvgIpc) is 2.29. The van der Waals surface area contributed by atoms with Crippen LogP contribution in [0.25, 0.3) is 0 Å². The van der Waals surface area contributed by atoms with E-state index in [0.717, 1.165) is 0 Å². The van der Waals surface area contributed by atoms with E-state index in [4.69, 9.17) is 20.0 Å². The maximum Gasteiger partial charge on any atom is 0.327 e. The first-order chi connectivity index (χ1) is 7.87. The highest BCUT2D eigenvalue weighted by Gasteiger charge is 2.18. The van der Waals surface area contributed by atoms with Gasteiger partial charge in [0, 0.05) is 5.41 Å². The zero-order valence-electron chi connectivity index (χ0n) is 9.95. The Morgan fingerprint density at radius 1 is 1.18 bits per heavy atom. The molecule has 0 fully saturated rings. The van der Waals surface area contributed by atoms with Crippen LogP contribution in [-0.2, 0) is 4.52 Å². The second kappa shape index (κ2) is 8.39. The van der Waals surface area contributed by atoms with Gasteiger partial charge in [-0.3, -0.25) is 0 Å². The number of phenolic OH excluding ortho intramolecular Hbond substituents is 1. The summed E-state index contributed by atoms with van der Waals surface area (Å²) in [5.74, 6) is 0.322. The Kier molecular flexibility index (Phi) is 8.04. The molecule has 1 aromatic carbocycles. The van der Waals surface area contributed by atoms with Crippen LogP contribution >= 0.6 is 8.60 Å². The lowest BCUT2D eigenvalue weighted by molar-refractivity contribution is 0.0899. The third-order valence-electron chi connectivity index (χ3n) is 1.75. The molecule has 5 nitrogen and oxygen atoms in total. The Bertz CT molecular complexity index is 289. The topological polar surface area (TPSA) is 90.2 Å². The lowest BCUT2D eigenvalue weighted by Gasteiger charge is -2.20. The van der Waals surface area contributed by atoms with Crippen LogP contribution in [0.1, 0.15) is 13.8 Å². The highest BCUT2D eigenvalue weighted by Crippen LogP contribution is 2.28. The Morgan fingerprint density at radius 2 is 1.71 bits per heavy atom. The molecule has 0 atom stereocenters. The van der Waals surface area contributed by atoms with E-state index < -0.39 is 14.0 Å². The zero-order chi connectivity index (χ0) is 13.3. The first kappa shape index (κ1) is 16.3. The molecule has 0 saturated heterocycles. The molecule has 0 aliphatic carbocycles. The van der Waals surface area contributed by atoms with Gasteiger partial charge < -0.3 is 24.5 Å².